The van der Waals surface area contributed by atoms with E-state index in [4.69, 9.17) is 20.8 Å². The minimum Gasteiger partial charge on any atom is -0.504 e. The van der Waals surface area contributed by atoms with Gasteiger partial charge in [0.05, 0.1) is 41.3 Å². The molecule has 14 nitrogen and oxygen atoms in total. The SMILES string of the molecule is CC(C)Oc1c(CC(=O)c2ccc(CC(=O)[C@H](CC(N)=O)NC(=O)c3ccc(CNC(=O)c4ccc(C#N)cc4)cc3)cc2)ccc(C(=O)Cc2ccc(C(=O)O)cc2)c1O. The van der Waals surface area contributed by atoms with E-state index in [0.717, 1.165) is 0 Å². The van der Waals surface area contributed by atoms with Gasteiger partial charge in [-0.3, -0.25) is 28.8 Å². The topological polar surface area (TPSA) is 243 Å². The number of carbonyl (C=O) groups excluding carboxylic acids is 6. The first-order valence-corrected chi connectivity index (χ1v) is 19.1. The molecule has 61 heavy (non-hydrogen) atoms. The number of carbonyl (C=O) groups is 7. The Morgan fingerprint density at radius 3 is 1.79 bits per heavy atom. The number of nitriles is 1. The van der Waals surface area contributed by atoms with E-state index in [1.54, 1.807) is 62.4 Å². The van der Waals surface area contributed by atoms with Gasteiger partial charge in [0, 0.05) is 48.1 Å². The van der Waals surface area contributed by atoms with Crippen molar-refractivity contribution in [1.29, 1.82) is 5.26 Å². The summed E-state index contributed by atoms with van der Waals surface area (Å²) in [5, 5.41) is 34.6. The lowest BCUT2D eigenvalue weighted by Crippen LogP contribution is -2.44. The fraction of sp³-hybridized carbons (Fsp3) is 0.191. The zero-order valence-electron chi connectivity index (χ0n) is 33.3. The molecule has 0 fully saturated rings. The van der Waals surface area contributed by atoms with Gasteiger partial charge < -0.3 is 31.3 Å². The van der Waals surface area contributed by atoms with Crippen LogP contribution in [0.4, 0.5) is 0 Å². The molecule has 0 heterocycles. The molecule has 14 heteroatoms. The Hall–Kier alpha value is -7.92. The van der Waals surface area contributed by atoms with Crippen LogP contribution in [0, 0.1) is 11.3 Å². The number of rotatable bonds is 19. The Bertz CT molecular complexity index is 2510. The highest BCUT2D eigenvalue weighted by Crippen LogP contribution is 2.36. The summed E-state index contributed by atoms with van der Waals surface area (Å²) in [4.78, 5) is 88.7. The van der Waals surface area contributed by atoms with Gasteiger partial charge in [-0.1, -0.05) is 54.6 Å². The fourth-order valence-electron chi connectivity index (χ4n) is 6.24. The van der Waals surface area contributed by atoms with Crippen molar-refractivity contribution < 1.29 is 48.5 Å². The highest BCUT2D eigenvalue weighted by Gasteiger charge is 2.25. The Balaban J connectivity index is 1.19. The quantitative estimate of drug-likeness (QED) is 0.0668. The van der Waals surface area contributed by atoms with Crippen LogP contribution in [0.1, 0.15) is 99.9 Å². The van der Waals surface area contributed by atoms with Gasteiger partial charge in [-0.25, -0.2) is 4.79 Å². The Kier molecular flexibility index (Phi) is 14.6. The van der Waals surface area contributed by atoms with Gasteiger partial charge in [-0.15, -0.1) is 0 Å². The second kappa shape index (κ2) is 20.2. The molecular weight excluding hydrogens is 781 g/mol. The van der Waals surface area contributed by atoms with Gasteiger partial charge in [0.2, 0.25) is 5.91 Å². The van der Waals surface area contributed by atoms with Crippen molar-refractivity contribution in [3.8, 4) is 17.6 Å². The lowest BCUT2D eigenvalue weighted by molar-refractivity contribution is -0.125. The molecule has 1 atom stereocenters. The van der Waals surface area contributed by atoms with Gasteiger partial charge in [0.25, 0.3) is 11.8 Å². The predicted octanol–water partition coefficient (Wildman–Crippen LogP) is 5.32. The summed E-state index contributed by atoms with van der Waals surface area (Å²) >= 11 is 0. The normalized spacial score (nSPS) is 11.2. The van der Waals surface area contributed by atoms with Crippen LogP contribution in [0.2, 0.25) is 0 Å². The number of Topliss-reactive ketones (excluding diaryl/α,β-unsaturated/α-hetero) is 3. The first-order chi connectivity index (χ1) is 29.1. The number of primary amides is 1. The molecule has 0 saturated heterocycles. The van der Waals surface area contributed by atoms with Crippen molar-refractivity contribution in [2.24, 2.45) is 5.73 Å². The Morgan fingerprint density at radius 2 is 1.21 bits per heavy atom. The number of phenolic OH excluding ortho intramolecular Hbond substituents is 1. The standard InChI is InChI=1S/C47H42N4O10/c1-27(2)61-44-36(19-20-37(43(44)56)40(53)21-28-5-17-35(18-6-28)47(59)60)23-39(52)32-11-3-29(4-12-32)22-41(54)38(24-42(49)55)51-46(58)34-15-9-31(10-16-34)26-50-45(57)33-13-7-30(25-48)8-14-33/h3-20,27,38,56H,21-24,26H2,1-2H3,(H2,49,55)(H,50,57)(H,51,58)(H,59,60)/t38-/m0/s1. The average molecular weight is 823 g/mol. The van der Waals surface area contributed by atoms with Crippen molar-refractivity contribution in [3.05, 3.63) is 165 Å². The van der Waals surface area contributed by atoms with E-state index in [-0.39, 0.29) is 65.5 Å². The van der Waals surface area contributed by atoms with Crippen molar-refractivity contribution in [3.63, 3.8) is 0 Å². The zero-order chi connectivity index (χ0) is 44.2. The highest BCUT2D eigenvalue weighted by molar-refractivity contribution is 6.03. The molecule has 6 N–H and O–H groups in total. The highest BCUT2D eigenvalue weighted by atomic mass is 16.5. The lowest BCUT2D eigenvalue weighted by atomic mass is 9.95. The van der Waals surface area contributed by atoms with E-state index < -0.39 is 53.7 Å². The number of hydrogen-bond acceptors (Lipinski definition) is 10. The summed E-state index contributed by atoms with van der Waals surface area (Å²) in [6.45, 7) is 3.62. The average Bonchev–Trinajstić information content (AvgIpc) is 3.24. The number of nitrogens with zero attached hydrogens (tertiary/aromatic N) is 1. The van der Waals surface area contributed by atoms with Crippen molar-refractivity contribution >= 4 is 41.0 Å². The maximum atomic E-state index is 13.4. The third kappa shape index (κ3) is 12.1. The van der Waals surface area contributed by atoms with Crippen LogP contribution < -0.4 is 21.1 Å². The monoisotopic (exact) mass is 822 g/mol. The number of amides is 3. The molecule has 3 amide bonds. The minimum absolute atomic E-state index is 0.0132. The minimum atomic E-state index is -1.24. The molecule has 0 aliphatic heterocycles. The Labute approximate surface area is 351 Å². The number of benzene rings is 5. The van der Waals surface area contributed by atoms with E-state index >= 15 is 0 Å². The van der Waals surface area contributed by atoms with Crippen LogP contribution in [-0.4, -0.2) is 63.4 Å². The van der Waals surface area contributed by atoms with Crippen LogP contribution >= 0.6 is 0 Å². The van der Waals surface area contributed by atoms with E-state index in [1.165, 1.54) is 60.7 Å². The summed E-state index contributed by atoms with van der Waals surface area (Å²) in [6, 6.07) is 28.2. The largest absolute Gasteiger partial charge is 0.504 e. The van der Waals surface area contributed by atoms with Crippen molar-refractivity contribution in [2.75, 3.05) is 0 Å². The molecule has 0 saturated carbocycles. The summed E-state index contributed by atoms with van der Waals surface area (Å²) in [5.41, 5.74) is 8.85. The van der Waals surface area contributed by atoms with E-state index in [1.807, 2.05) is 6.07 Å². The van der Waals surface area contributed by atoms with Gasteiger partial charge >= 0.3 is 5.97 Å². The van der Waals surface area contributed by atoms with Crippen LogP contribution in [0.15, 0.2) is 109 Å². The number of ketones is 3. The Morgan fingerprint density at radius 1 is 0.672 bits per heavy atom. The maximum Gasteiger partial charge on any atom is 0.335 e. The summed E-state index contributed by atoms with van der Waals surface area (Å²) < 4.78 is 5.87. The van der Waals surface area contributed by atoms with Crippen molar-refractivity contribution in [2.45, 2.75) is 58.2 Å². The summed E-state index contributed by atoms with van der Waals surface area (Å²) in [7, 11) is 0. The lowest BCUT2D eigenvalue weighted by Gasteiger charge is -2.18. The molecule has 0 radical (unpaired) electrons. The molecule has 5 aromatic rings. The number of carboxylic acid groups (broad SMARTS) is 1. The van der Waals surface area contributed by atoms with Crippen LogP contribution in [0.5, 0.6) is 11.5 Å². The summed E-state index contributed by atoms with van der Waals surface area (Å²) in [5.74, 6) is -4.57. The predicted molar refractivity (Wildman–Crippen MR) is 222 cm³/mol. The van der Waals surface area contributed by atoms with Gasteiger partial charge in [-0.2, -0.15) is 5.26 Å². The summed E-state index contributed by atoms with van der Waals surface area (Å²) in [6.07, 6.45) is -1.36. The molecule has 0 bridgehead atoms. The first kappa shape index (κ1) is 44.2. The van der Waals surface area contributed by atoms with Crippen LogP contribution in [-0.2, 0) is 35.4 Å². The number of aromatic carboxylic acids is 1. The van der Waals surface area contributed by atoms with Gasteiger partial charge in [0.1, 0.15) is 0 Å². The molecule has 5 rings (SSSR count). The number of carboxylic acids is 1. The molecule has 0 aliphatic rings. The molecule has 0 unspecified atom stereocenters. The fourth-order valence-corrected chi connectivity index (χ4v) is 6.24. The van der Waals surface area contributed by atoms with Gasteiger partial charge in [0.15, 0.2) is 28.8 Å². The molecule has 5 aromatic carbocycles. The zero-order valence-corrected chi connectivity index (χ0v) is 33.3. The number of nitrogens with one attached hydrogen (secondary N) is 2. The smallest absolute Gasteiger partial charge is 0.335 e. The maximum absolute atomic E-state index is 13.4. The van der Waals surface area contributed by atoms with E-state index in [9.17, 15) is 38.7 Å². The number of ether oxygens (including phenoxy) is 1. The molecule has 310 valence electrons. The number of aromatic hydroxyl groups is 1. The second-order valence-electron chi connectivity index (χ2n) is 14.4. The van der Waals surface area contributed by atoms with Crippen LogP contribution in [0.3, 0.4) is 0 Å². The van der Waals surface area contributed by atoms with E-state index in [0.29, 0.717) is 33.4 Å². The second-order valence-corrected chi connectivity index (χ2v) is 14.4. The molecular formula is C47H42N4O10. The van der Waals surface area contributed by atoms with Gasteiger partial charge in [-0.05, 0) is 85.1 Å². The van der Waals surface area contributed by atoms with E-state index in [2.05, 4.69) is 10.6 Å². The molecule has 0 aromatic heterocycles. The third-order valence-corrected chi connectivity index (χ3v) is 9.48. The van der Waals surface area contributed by atoms with Crippen molar-refractivity contribution in [1.82, 2.24) is 10.6 Å². The number of hydrogen-bond donors (Lipinski definition) is 5. The van der Waals surface area contributed by atoms with Crippen LogP contribution in [0.25, 0.3) is 0 Å². The molecule has 0 spiro atoms. The third-order valence-electron chi connectivity index (χ3n) is 9.48. The number of nitrogens with two attached hydrogens (primary N) is 1. The first-order valence-electron chi connectivity index (χ1n) is 19.1. The molecule has 0 aliphatic carbocycles. The number of phenols is 1.